The first-order valence-electron chi connectivity index (χ1n) is 9.23. The van der Waals surface area contributed by atoms with Gasteiger partial charge in [0.15, 0.2) is 4.32 Å². The van der Waals surface area contributed by atoms with Gasteiger partial charge in [-0.2, -0.15) is 0 Å². The van der Waals surface area contributed by atoms with Crippen LogP contribution in [0.3, 0.4) is 0 Å². The molecule has 162 valence electrons. The number of halogens is 4. The lowest BCUT2D eigenvalue weighted by molar-refractivity contribution is -0.113. The van der Waals surface area contributed by atoms with E-state index in [0.29, 0.717) is 31.2 Å². The third-order valence-corrected chi connectivity index (χ3v) is 7.38. The van der Waals surface area contributed by atoms with Crippen LogP contribution in [0.4, 0.5) is 10.1 Å². The van der Waals surface area contributed by atoms with Crippen molar-refractivity contribution in [1.82, 2.24) is 0 Å². The van der Waals surface area contributed by atoms with Crippen LogP contribution in [0.1, 0.15) is 11.1 Å². The van der Waals surface area contributed by atoms with Gasteiger partial charge in [0, 0.05) is 10.6 Å². The van der Waals surface area contributed by atoms with E-state index in [1.807, 2.05) is 36.4 Å². The largest absolute Gasteiger partial charge is 0.486 e. The summed E-state index contributed by atoms with van der Waals surface area (Å²) >= 11 is 19.7. The molecular weight excluding hydrogens is 601 g/mol. The number of carbonyl (C=O) groups is 1. The standard InChI is InChI=1S/C23H13Br2ClFNO2S2/c24-15-9-13(10-16(25)21(15)30-12-14-5-1-2-6-17(14)26)11-20-22(29)28(23(31)32-20)19-8-4-3-7-18(19)27/h1-11H,12H2/b20-11-. The van der Waals surface area contributed by atoms with Gasteiger partial charge in [0.05, 0.1) is 19.5 Å². The van der Waals surface area contributed by atoms with Crippen molar-refractivity contribution in [3.8, 4) is 5.75 Å². The molecule has 0 aromatic heterocycles. The number of ether oxygens (including phenoxy) is 1. The number of carbonyl (C=O) groups excluding carboxylic acids is 1. The maximum atomic E-state index is 14.2. The quantitative estimate of drug-likeness (QED) is 0.216. The van der Waals surface area contributed by atoms with Crippen molar-refractivity contribution in [3.63, 3.8) is 0 Å². The van der Waals surface area contributed by atoms with E-state index in [0.717, 1.165) is 22.9 Å². The smallest absolute Gasteiger partial charge is 0.270 e. The van der Waals surface area contributed by atoms with Crippen molar-refractivity contribution in [2.45, 2.75) is 6.61 Å². The van der Waals surface area contributed by atoms with Gasteiger partial charge in [0.25, 0.3) is 5.91 Å². The highest BCUT2D eigenvalue weighted by molar-refractivity contribution is 9.11. The van der Waals surface area contributed by atoms with Gasteiger partial charge in [0.2, 0.25) is 0 Å². The Morgan fingerprint density at radius 1 is 1.09 bits per heavy atom. The number of para-hydroxylation sites is 1. The van der Waals surface area contributed by atoms with E-state index >= 15 is 0 Å². The predicted molar refractivity (Wildman–Crippen MR) is 140 cm³/mol. The van der Waals surface area contributed by atoms with Crippen LogP contribution >= 0.6 is 67.4 Å². The molecule has 3 nitrogen and oxygen atoms in total. The number of hydrogen-bond acceptors (Lipinski definition) is 4. The third-order valence-electron chi connectivity index (χ3n) is 4.54. The summed E-state index contributed by atoms with van der Waals surface area (Å²) < 4.78 is 21.8. The highest BCUT2D eigenvalue weighted by Gasteiger charge is 2.34. The van der Waals surface area contributed by atoms with Crippen LogP contribution in [0.15, 0.2) is 74.5 Å². The molecule has 1 aliphatic heterocycles. The van der Waals surface area contributed by atoms with Gasteiger partial charge in [-0.25, -0.2) is 4.39 Å². The normalized spacial score (nSPS) is 15.0. The number of anilines is 1. The topological polar surface area (TPSA) is 29.5 Å². The number of benzene rings is 3. The summed E-state index contributed by atoms with van der Waals surface area (Å²) in [4.78, 5) is 14.5. The molecule has 1 saturated heterocycles. The molecule has 1 fully saturated rings. The van der Waals surface area contributed by atoms with Crippen LogP contribution in [0.25, 0.3) is 6.08 Å². The third kappa shape index (κ3) is 4.94. The van der Waals surface area contributed by atoms with E-state index in [1.54, 1.807) is 18.2 Å². The highest BCUT2D eigenvalue weighted by Crippen LogP contribution is 2.40. The Kier molecular flexibility index (Phi) is 7.37. The average Bonchev–Trinajstić information content (AvgIpc) is 3.02. The molecule has 1 amide bonds. The molecule has 3 aromatic carbocycles. The van der Waals surface area contributed by atoms with Gasteiger partial charge in [-0.1, -0.05) is 65.9 Å². The highest BCUT2D eigenvalue weighted by atomic mass is 79.9. The van der Waals surface area contributed by atoms with Crippen LogP contribution in [0.5, 0.6) is 5.75 Å². The molecule has 32 heavy (non-hydrogen) atoms. The zero-order chi connectivity index (χ0) is 22.8. The van der Waals surface area contributed by atoms with Gasteiger partial charge in [-0.3, -0.25) is 9.69 Å². The Hall–Kier alpha value is -1.71. The first-order valence-corrected chi connectivity index (χ1v) is 12.4. The predicted octanol–water partition coefficient (Wildman–Crippen LogP) is 7.99. The van der Waals surface area contributed by atoms with Crippen LogP contribution in [0.2, 0.25) is 5.02 Å². The number of hydrogen-bond donors (Lipinski definition) is 0. The van der Waals surface area contributed by atoms with Crippen molar-refractivity contribution in [1.29, 1.82) is 0 Å². The van der Waals surface area contributed by atoms with E-state index in [1.165, 1.54) is 17.0 Å². The fraction of sp³-hybridized carbons (Fsp3) is 0.0435. The summed E-state index contributed by atoms with van der Waals surface area (Å²) in [6.07, 6.45) is 1.72. The molecule has 0 N–H and O–H groups in total. The first kappa shape index (κ1) is 23.4. The zero-order valence-corrected chi connectivity index (χ0v) is 21.7. The van der Waals surface area contributed by atoms with E-state index in [9.17, 15) is 9.18 Å². The number of rotatable bonds is 5. The van der Waals surface area contributed by atoms with Crippen molar-refractivity contribution in [2.24, 2.45) is 0 Å². The molecule has 0 spiro atoms. The number of thioether (sulfide) groups is 1. The van der Waals surface area contributed by atoms with Crippen molar-refractivity contribution in [3.05, 3.63) is 96.5 Å². The Morgan fingerprint density at radius 3 is 2.44 bits per heavy atom. The van der Waals surface area contributed by atoms with Crippen molar-refractivity contribution >= 4 is 89.4 Å². The van der Waals surface area contributed by atoms with Gasteiger partial charge < -0.3 is 4.74 Å². The summed E-state index contributed by atoms with van der Waals surface area (Å²) in [5, 5.41) is 0.633. The Morgan fingerprint density at radius 2 is 1.75 bits per heavy atom. The maximum absolute atomic E-state index is 14.2. The minimum atomic E-state index is -0.504. The maximum Gasteiger partial charge on any atom is 0.270 e. The van der Waals surface area contributed by atoms with Gasteiger partial charge in [-0.15, -0.1) is 0 Å². The second-order valence-corrected chi connectivity index (χ2v) is 10.5. The monoisotopic (exact) mass is 611 g/mol. The Labute approximate surface area is 215 Å². The van der Waals surface area contributed by atoms with E-state index in [4.69, 9.17) is 28.6 Å². The molecule has 0 aliphatic carbocycles. The van der Waals surface area contributed by atoms with Crippen molar-refractivity contribution in [2.75, 3.05) is 4.90 Å². The van der Waals surface area contributed by atoms with Gasteiger partial charge in [0.1, 0.15) is 18.2 Å². The number of thiocarbonyl (C=S) groups is 1. The second kappa shape index (κ2) is 10.1. The summed E-state index contributed by atoms with van der Waals surface area (Å²) in [5.74, 6) is -0.257. The molecule has 0 bridgehead atoms. The number of nitrogens with zero attached hydrogens (tertiary/aromatic N) is 1. The second-order valence-electron chi connectivity index (χ2n) is 6.66. The molecule has 4 rings (SSSR count). The zero-order valence-electron chi connectivity index (χ0n) is 16.2. The lowest BCUT2D eigenvalue weighted by Crippen LogP contribution is -2.28. The van der Waals surface area contributed by atoms with E-state index in [2.05, 4.69) is 31.9 Å². The summed E-state index contributed by atoms with van der Waals surface area (Å²) in [7, 11) is 0. The van der Waals surface area contributed by atoms with E-state index < -0.39 is 5.82 Å². The SMILES string of the molecule is O=C1/C(=C/c2cc(Br)c(OCc3ccccc3Cl)c(Br)c2)SC(=S)N1c1ccccc1F. The van der Waals surface area contributed by atoms with Gasteiger partial charge in [-0.05, 0) is 73.8 Å². The molecular formula is C23H13Br2ClFNO2S2. The Balaban J connectivity index is 1.57. The lowest BCUT2D eigenvalue weighted by atomic mass is 10.2. The minimum Gasteiger partial charge on any atom is -0.486 e. The first-order chi connectivity index (χ1) is 15.3. The molecule has 0 radical (unpaired) electrons. The molecule has 0 atom stereocenters. The molecule has 0 saturated carbocycles. The molecule has 9 heteroatoms. The van der Waals surface area contributed by atoms with Crippen LogP contribution in [-0.2, 0) is 11.4 Å². The fourth-order valence-electron chi connectivity index (χ4n) is 3.03. The van der Waals surface area contributed by atoms with Crippen LogP contribution in [-0.4, -0.2) is 10.2 Å². The average molecular weight is 614 g/mol. The molecule has 0 unspecified atom stereocenters. The lowest BCUT2D eigenvalue weighted by Gasteiger charge is -2.15. The van der Waals surface area contributed by atoms with E-state index in [-0.39, 0.29) is 15.9 Å². The summed E-state index contributed by atoms with van der Waals surface area (Å²) in [6.45, 7) is 0.303. The Bertz CT molecular complexity index is 1250. The van der Waals surface area contributed by atoms with Crippen molar-refractivity contribution < 1.29 is 13.9 Å². The van der Waals surface area contributed by atoms with Gasteiger partial charge >= 0.3 is 0 Å². The summed E-state index contributed by atoms with van der Waals surface area (Å²) in [5.41, 5.74) is 1.76. The summed E-state index contributed by atoms with van der Waals surface area (Å²) in [6, 6.07) is 17.2. The van der Waals surface area contributed by atoms with Crippen LogP contribution < -0.4 is 9.64 Å². The molecule has 1 aliphatic rings. The molecule has 3 aromatic rings. The molecule has 1 heterocycles. The number of amides is 1. The minimum absolute atomic E-state index is 0.143. The fourth-order valence-corrected chi connectivity index (χ4v) is 5.95. The van der Waals surface area contributed by atoms with Crippen LogP contribution in [0, 0.1) is 5.82 Å².